The van der Waals surface area contributed by atoms with Gasteiger partial charge in [-0.2, -0.15) is 0 Å². The van der Waals surface area contributed by atoms with Crippen LogP contribution in [0.1, 0.15) is 39.2 Å². The predicted molar refractivity (Wildman–Crippen MR) is 156 cm³/mol. The van der Waals surface area contributed by atoms with Crippen molar-refractivity contribution in [1.29, 1.82) is 0 Å². The highest BCUT2D eigenvalue weighted by Crippen LogP contribution is 2.33. The number of hydrogen-bond donors (Lipinski definition) is 6. The van der Waals surface area contributed by atoms with Crippen LogP contribution in [0.4, 0.5) is 5.69 Å². The Morgan fingerprint density at radius 2 is 1.67 bits per heavy atom. The topological polar surface area (TPSA) is 229 Å². The molecule has 5 atom stereocenters. The average molecular weight is 632 g/mol. The summed E-state index contributed by atoms with van der Waals surface area (Å²) in [6.45, 7) is 4.47. The molecule has 0 aromatic heterocycles. The highest BCUT2D eigenvalue weighted by Gasteiger charge is 2.47. The number of aliphatic hydroxyl groups excluding tert-OH is 3. The maximum Gasteiger partial charge on any atom is 0.311 e. The van der Waals surface area contributed by atoms with E-state index in [1.807, 2.05) is 0 Å². The Kier molecular flexibility index (Phi) is 11.6. The molecule has 6 N–H and O–H groups in total. The lowest BCUT2D eigenvalue weighted by Crippen LogP contribution is -2.57. The first kappa shape index (κ1) is 34.9. The van der Waals surface area contributed by atoms with E-state index < -0.39 is 77.9 Å². The molecule has 0 saturated heterocycles. The number of esters is 1. The first-order valence-corrected chi connectivity index (χ1v) is 14.1. The van der Waals surface area contributed by atoms with Gasteiger partial charge in [-0.3, -0.25) is 33.7 Å². The summed E-state index contributed by atoms with van der Waals surface area (Å²) in [6, 6.07) is 4.52. The van der Waals surface area contributed by atoms with E-state index in [9.17, 15) is 49.2 Å². The summed E-state index contributed by atoms with van der Waals surface area (Å²) >= 11 is 0. The van der Waals surface area contributed by atoms with Gasteiger partial charge in [0.1, 0.15) is 37.2 Å². The second-order valence-electron chi connectivity index (χ2n) is 11.6. The summed E-state index contributed by atoms with van der Waals surface area (Å²) < 4.78 is 11.1. The summed E-state index contributed by atoms with van der Waals surface area (Å²) in [5.41, 5.74) is -0.0507. The van der Waals surface area contributed by atoms with Crippen LogP contribution in [0.5, 0.6) is 5.75 Å². The van der Waals surface area contributed by atoms with Crippen LogP contribution in [-0.4, -0.2) is 105 Å². The number of ether oxygens (including phenoxy) is 2. The second-order valence-corrected chi connectivity index (χ2v) is 11.6. The summed E-state index contributed by atoms with van der Waals surface area (Å²) in [4.78, 5) is 72.5. The molecule has 1 aliphatic carbocycles. The number of nitrogens with zero attached hydrogens (tertiary/aromatic N) is 1. The minimum Gasteiger partial charge on any atom is -0.485 e. The van der Waals surface area contributed by atoms with E-state index in [0.717, 1.165) is 17.1 Å². The van der Waals surface area contributed by atoms with Gasteiger partial charge in [0.25, 0.3) is 11.8 Å². The van der Waals surface area contributed by atoms with Gasteiger partial charge in [-0.05, 0) is 44.5 Å². The number of rotatable bonds is 12. The monoisotopic (exact) mass is 631 g/mol. The maximum atomic E-state index is 12.8. The quantitative estimate of drug-likeness (QED) is 0.128. The normalized spacial score (nSPS) is 23.2. The fourth-order valence-corrected chi connectivity index (χ4v) is 4.41. The molecule has 45 heavy (non-hydrogen) atoms. The molecule has 0 bridgehead atoms. The number of carbonyl (C=O) groups is 6. The third-order valence-electron chi connectivity index (χ3n) is 6.96. The Bertz CT molecular complexity index is 1360. The third kappa shape index (κ3) is 9.44. The van der Waals surface area contributed by atoms with Gasteiger partial charge >= 0.3 is 11.9 Å². The molecule has 3 rings (SSSR count). The lowest BCUT2D eigenvalue weighted by molar-refractivity contribution is -0.174. The van der Waals surface area contributed by atoms with Crippen LogP contribution in [0.25, 0.3) is 6.08 Å². The van der Waals surface area contributed by atoms with Gasteiger partial charge in [0.05, 0.1) is 23.1 Å². The molecule has 1 aromatic carbocycles. The van der Waals surface area contributed by atoms with Crippen LogP contribution in [0, 0.1) is 11.3 Å². The molecular weight excluding hydrogens is 594 g/mol. The zero-order chi connectivity index (χ0) is 33.5. The van der Waals surface area contributed by atoms with Gasteiger partial charge in [0.15, 0.2) is 0 Å². The first-order valence-electron chi connectivity index (χ1n) is 14.1. The first-order chi connectivity index (χ1) is 21.1. The number of benzene rings is 1. The van der Waals surface area contributed by atoms with Crippen LogP contribution in [0.15, 0.2) is 36.4 Å². The summed E-state index contributed by atoms with van der Waals surface area (Å²) in [5.74, 6) is -5.68. The van der Waals surface area contributed by atoms with Gasteiger partial charge in [-0.25, -0.2) is 0 Å². The van der Waals surface area contributed by atoms with Crippen molar-refractivity contribution in [2.24, 2.45) is 11.3 Å². The van der Waals surface area contributed by atoms with Crippen LogP contribution in [-0.2, 0) is 33.5 Å². The minimum atomic E-state index is -1.80. The Morgan fingerprint density at radius 3 is 2.29 bits per heavy atom. The lowest BCUT2D eigenvalue weighted by atomic mass is 9.80. The number of carboxylic acid groups (broad SMARTS) is 1. The number of amides is 4. The maximum absolute atomic E-state index is 12.8. The Hall–Kier alpha value is -4.60. The predicted octanol–water partition coefficient (Wildman–Crippen LogP) is -0.406. The Labute approximate surface area is 258 Å². The van der Waals surface area contributed by atoms with Crippen LogP contribution in [0.2, 0.25) is 0 Å². The molecule has 0 spiro atoms. The van der Waals surface area contributed by atoms with Crippen molar-refractivity contribution in [2.45, 2.75) is 58.0 Å². The number of carboxylic acids is 1. The number of imide groups is 1. The third-order valence-corrected chi connectivity index (χ3v) is 6.96. The van der Waals surface area contributed by atoms with Gasteiger partial charge in [0, 0.05) is 31.5 Å². The van der Waals surface area contributed by atoms with E-state index in [1.165, 1.54) is 12.1 Å². The largest absolute Gasteiger partial charge is 0.485 e. The SMILES string of the molecule is CC(C)(C)C(=O)OC/C=C/c1ccc(O[C@@H]2C[C@H](C(=O)O)[C@@H](O)[C@H](O)[C@H]2O)c(NC(=O)CCNC(=O)CN2C(=O)C=CC2=O)c1. The molecule has 2 aliphatic rings. The lowest BCUT2D eigenvalue weighted by Gasteiger charge is -2.38. The fourth-order valence-electron chi connectivity index (χ4n) is 4.41. The number of hydrogen-bond acceptors (Lipinski definition) is 11. The van der Waals surface area contributed by atoms with Gasteiger partial charge < -0.3 is 40.5 Å². The number of aliphatic carboxylic acids is 1. The minimum absolute atomic E-state index is 0.0130. The molecular formula is C30H37N3O12. The van der Waals surface area contributed by atoms with Gasteiger partial charge in [0.2, 0.25) is 11.8 Å². The molecule has 1 saturated carbocycles. The zero-order valence-corrected chi connectivity index (χ0v) is 25.0. The van der Waals surface area contributed by atoms with E-state index in [1.54, 1.807) is 39.0 Å². The van der Waals surface area contributed by atoms with Crippen molar-refractivity contribution in [3.63, 3.8) is 0 Å². The van der Waals surface area contributed by atoms with E-state index >= 15 is 0 Å². The Morgan fingerprint density at radius 1 is 1.00 bits per heavy atom. The number of nitrogens with one attached hydrogen (secondary N) is 2. The average Bonchev–Trinajstić information content (AvgIpc) is 3.27. The summed E-state index contributed by atoms with van der Waals surface area (Å²) in [7, 11) is 0. The zero-order valence-electron chi connectivity index (χ0n) is 25.0. The molecule has 1 fully saturated rings. The van der Waals surface area contributed by atoms with Crippen LogP contribution >= 0.6 is 0 Å². The molecule has 1 heterocycles. The molecule has 15 nitrogen and oxygen atoms in total. The molecule has 1 aliphatic heterocycles. The molecule has 15 heteroatoms. The number of aliphatic hydroxyl groups is 3. The Balaban J connectivity index is 1.71. The van der Waals surface area contributed by atoms with E-state index in [-0.39, 0.29) is 37.4 Å². The van der Waals surface area contributed by atoms with E-state index in [4.69, 9.17) is 9.47 Å². The van der Waals surface area contributed by atoms with E-state index in [0.29, 0.717) is 5.56 Å². The van der Waals surface area contributed by atoms with Crippen molar-refractivity contribution in [2.75, 3.05) is 25.0 Å². The number of anilines is 1. The summed E-state index contributed by atoms with van der Waals surface area (Å²) in [5, 5.41) is 45.3. The fraction of sp³-hybridized carbons (Fsp3) is 0.467. The van der Waals surface area contributed by atoms with Crippen LogP contribution in [0.3, 0.4) is 0 Å². The van der Waals surface area contributed by atoms with Crippen molar-refractivity contribution in [1.82, 2.24) is 10.2 Å². The molecule has 244 valence electrons. The van der Waals surface area contributed by atoms with Crippen molar-refractivity contribution in [3.8, 4) is 5.75 Å². The smallest absolute Gasteiger partial charge is 0.311 e. The summed E-state index contributed by atoms with van der Waals surface area (Å²) in [6.07, 6.45) is -1.72. The number of carbonyl (C=O) groups excluding carboxylic acids is 5. The molecule has 4 amide bonds. The molecule has 0 radical (unpaired) electrons. The van der Waals surface area contributed by atoms with Crippen molar-refractivity contribution >= 4 is 47.3 Å². The van der Waals surface area contributed by atoms with Gasteiger partial charge in [-0.1, -0.05) is 12.1 Å². The second kappa shape index (κ2) is 14.9. The standard InChI is InChI=1S/C30H37N3O12/c1-30(2,3)29(43)44-12-4-5-16-6-7-19(45-20-14-17(28(41)42)25(38)27(40)26(20)39)18(13-16)32-21(34)10-11-31-22(35)15-33-23(36)8-9-24(33)37/h4-9,13,17,20,25-27,38-40H,10-12,14-15H2,1-3H3,(H,31,35)(H,32,34)(H,41,42)/b5-4+/t17-,20+,25+,26-,27-/m0/s1. The van der Waals surface area contributed by atoms with Crippen LogP contribution < -0.4 is 15.4 Å². The van der Waals surface area contributed by atoms with Gasteiger partial charge in [-0.15, -0.1) is 0 Å². The molecule has 0 unspecified atom stereocenters. The van der Waals surface area contributed by atoms with Crippen molar-refractivity contribution < 1.29 is 58.7 Å². The highest BCUT2D eigenvalue weighted by molar-refractivity contribution is 6.14. The molecule has 1 aromatic rings. The highest BCUT2D eigenvalue weighted by atomic mass is 16.5. The van der Waals surface area contributed by atoms with E-state index in [2.05, 4.69) is 10.6 Å². The van der Waals surface area contributed by atoms with Crippen molar-refractivity contribution in [3.05, 3.63) is 42.0 Å².